The maximum atomic E-state index is 12.9. The average molecular weight is 416 g/mol. The standard InChI is InChI=1S/C20H21N3O3S2/c1-15-5-2-3-8-18(15)21-20-22-19(14-27-20)16-6-4-7-17(13-16)28(24,25)23-9-11-26-12-10-23/h2-8,13-14H,9-12H2,1H3,(H,21,22). The van der Waals surface area contributed by atoms with E-state index in [2.05, 4.69) is 10.3 Å². The summed E-state index contributed by atoms with van der Waals surface area (Å²) in [7, 11) is -3.53. The summed E-state index contributed by atoms with van der Waals surface area (Å²) in [5.74, 6) is 0. The molecule has 4 rings (SSSR count). The highest BCUT2D eigenvalue weighted by molar-refractivity contribution is 7.89. The largest absolute Gasteiger partial charge is 0.379 e. The second-order valence-electron chi connectivity index (χ2n) is 6.52. The molecular weight excluding hydrogens is 394 g/mol. The first-order valence-electron chi connectivity index (χ1n) is 9.00. The maximum Gasteiger partial charge on any atom is 0.243 e. The van der Waals surface area contributed by atoms with Gasteiger partial charge in [0.2, 0.25) is 10.0 Å². The molecule has 0 radical (unpaired) electrons. The number of aromatic nitrogens is 1. The van der Waals surface area contributed by atoms with Crippen LogP contribution in [0.4, 0.5) is 10.8 Å². The van der Waals surface area contributed by atoms with E-state index in [0.29, 0.717) is 26.3 Å². The molecule has 1 N–H and O–H groups in total. The second-order valence-corrected chi connectivity index (χ2v) is 9.32. The normalized spacial score (nSPS) is 15.5. The lowest BCUT2D eigenvalue weighted by atomic mass is 10.2. The molecule has 0 bridgehead atoms. The van der Waals surface area contributed by atoms with Gasteiger partial charge < -0.3 is 10.1 Å². The van der Waals surface area contributed by atoms with Crippen molar-refractivity contribution in [2.24, 2.45) is 0 Å². The number of aryl methyl sites for hydroxylation is 1. The van der Waals surface area contributed by atoms with E-state index in [-0.39, 0.29) is 4.90 Å². The van der Waals surface area contributed by atoms with Crippen molar-refractivity contribution < 1.29 is 13.2 Å². The Hall–Kier alpha value is -2.26. The maximum absolute atomic E-state index is 12.9. The molecule has 6 nitrogen and oxygen atoms in total. The number of benzene rings is 2. The summed E-state index contributed by atoms with van der Waals surface area (Å²) in [6, 6.07) is 15.0. The van der Waals surface area contributed by atoms with Crippen LogP contribution in [0.15, 0.2) is 58.8 Å². The van der Waals surface area contributed by atoms with E-state index in [9.17, 15) is 8.42 Å². The zero-order chi connectivity index (χ0) is 19.6. The number of rotatable bonds is 5. The van der Waals surface area contributed by atoms with Gasteiger partial charge in [-0.2, -0.15) is 4.31 Å². The minimum atomic E-state index is -3.53. The quantitative estimate of drug-likeness (QED) is 0.685. The van der Waals surface area contributed by atoms with Gasteiger partial charge in [0, 0.05) is 29.7 Å². The van der Waals surface area contributed by atoms with Crippen LogP contribution in [-0.4, -0.2) is 44.0 Å². The van der Waals surface area contributed by atoms with Crippen LogP contribution in [0.5, 0.6) is 0 Å². The lowest BCUT2D eigenvalue weighted by molar-refractivity contribution is 0.0730. The van der Waals surface area contributed by atoms with E-state index in [4.69, 9.17) is 4.74 Å². The molecule has 8 heteroatoms. The van der Waals surface area contributed by atoms with Gasteiger partial charge in [0.15, 0.2) is 5.13 Å². The molecule has 1 fully saturated rings. The fourth-order valence-electron chi connectivity index (χ4n) is 3.04. The lowest BCUT2D eigenvalue weighted by Crippen LogP contribution is -2.40. The van der Waals surface area contributed by atoms with E-state index in [0.717, 1.165) is 27.6 Å². The van der Waals surface area contributed by atoms with Gasteiger partial charge >= 0.3 is 0 Å². The number of ether oxygens (including phenoxy) is 1. The molecule has 0 amide bonds. The zero-order valence-electron chi connectivity index (χ0n) is 15.5. The van der Waals surface area contributed by atoms with E-state index in [1.807, 2.05) is 42.6 Å². The number of thiazole rings is 1. The highest BCUT2D eigenvalue weighted by Crippen LogP contribution is 2.30. The van der Waals surface area contributed by atoms with Crippen LogP contribution in [0.2, 0.25) is 0 Å². The van der Waals surface area contributed by atoms with E-state index in [1.165, 1.54) is 15.6 Å². The first-order chi connectivity index (χ1) is 13.5. The summed E-state index contributed by atoms with van der Waals surface area (Å²) in [5.41, 5.74) is 3.67. The molecule has 28 heavy (non-hydrogen) atoms. The van der Waals surface area contributed by atoms with Crippen molar-refractivity contribution in [3.05, 3.63) is 59.5 Å². The number of anilines is 2. The average Bonchev–Trinajstić information content (AvgIpc) is 3.19. The highest BCUT2D eigenvalue weighted by Gasteiger charge is 2.26. The van der Waals surface area contributed by atoms with Crippen LogP contribution in [0.1, 0.15) is 5.56 Å². The topological polar surface area (TPSA) is 71.5 Å². The highest BCUT2D eigenvalue weighted by atomic mass is 32.2. The van der Waals surface area contributed by atoms with Crippen LogP contribution in [0.3, 0.4) is 0 Å². The summed E-state index contributed by atoms with van der Waals surface area (Å²) in [6.07, 6.45) is 0. The molecule has 2 aromatic carbocycles. The second kappa shape index (κ2) is 8.00. The number of nitrogens with zero attached hydrogens (tertiary/aromatic N) is 2. The molecule has 0 unspecified atom stereocenters. The molecule has 0 saturated carbocycles. The fourth-order valence-corrected chi connectivity index (χ4v) is 5.23. The van der Waals surface area contributed by atoms with E-state index >= 15 is 0 Å². The van der Waals surface area contributed by atoms with Crippen molar-refractivity contribution in [3.8, 4) is 11.3 Å². The Morgan fingerprint density at radius 2 is 1.89 bits per heavy atom. The van der Waals surface area contributed by atoms with Gasteiger partial charge in [-0.25, -0.2) is 13.4 Å². The van der Waals surface area contributed by atoms with Crippen LogP contribution in [0, 0.1) is 6.92 Å². The van der Waals surface area contributed by atoms with Crippen molar-refractivity contribution in [1.82, 2.24) is 9.29 Å². The SMILES string of the molecule is Cc1ccccc1Nc1nc(-c2cccc(S(=O)(=O)N3CCOCC3)c2)cs1. The smallest absolute Gasteiger partial charge is 0.243 e. The molecule has 2 heterocycles. The molecule has 3 aromatic rings. The molecule has 1 saturated heterocycles. The van der Waals surface area contributed by atoms with Crippen molar-refractivity contribution in [3.63, 3.8) is 0 Å². The van der Waals surface area contributed by atoms with Gasteiger partial charge in [-0.15, -0.1) is 11.3 Å². The number of para-hydroxylation sites is 1. The molecule has 0 spiro atoms. The monoisotopic (exact) mass is 415 g/mol. The number of hydrogen-bond acceptors (Lipinski definition) is 6. The van der Waals surface area contributed by atoms with Crippen molar-refractivity contribution in [2.75, 3.05) is 31.6 Å². The molecule has 1 aliphatic heterocycles. The third-order valence-corrected chi connectivity index (χ3v) is 7.28. The Balaban J connectivity index is 1.58. The zero-order valence-corrected chi connectivity index (χ0v) is 17.1. The molecule has 146 valence electrons. The van der Waals surface area contributed by atoms with Gasteiger partial charge in [0.25, 0.3) is 0 Å². The minimum absolute atomic E-state index is 0.285. The summed E-state index contributed by atoms with van der Waals surface area (Å²) in [5, 5.41) is 6.03. The van der Waals surface area contributed by atoms with Crippen molar-refractivity contribution >= 4 is 32.2 Å². The Kier molecular flexibility index (Phi) is 5.45. The Bertz CT molecular complexity index is 1070. The van der Waals surface area contributed by atoms with Gasteiger partial charge in [-0.05, 0) is 30.7 Å². The van der Waals surface area contributed by atoms with Crippen molar-refractivity contribution in [2.45, 2.75) is 11.8 Å². The minimum Gasteiger partial charge on any atom is -0.379 e. The van der Waals surface area contributed by atoms with Gasteiger partial charge in [0.05, 0.1) is 23.8 Å². The number of nitrogens with one attached hydrogen (secondary N) is 1. The number of morpholine rings is 1. The Labute approximate surface area is 168 Å². The summed E-state index contributed by atoms with van der Waals surface area (Å²) in [4.78, 5) is 4.92. The van der Waals surface area contributed by atoms with Crippen LogP contribution >= 0.6 is 11.3 Å². The van der Waals surface area contributed by atoms with Crippen molar-refractivity contribution in [1.29, 1.82) is 0 Å². The summed E-state index contributed by atoms with van der Waals surface area (Å²) < 4.78 is 32.5. The molecular formula is C20H21N3O3S2. The summed E-state index contributed by atoms with van der Waals surface area (Å²) >= 11 is 1.49. The first kappa shape index (κ1) is 19.1. The third kappa shape index (κ3) is 3.95. The van der Waals surface area contributed by atoms with E-state index < -0.39 is 10.0 Å². The van der Waals surface area contributed by atoms with Gasteiger partial charge in [0.1, 0.15) is 0 Å². The molecule has 1 aliphatic rings. The number of sulfonamides is 1. The van der Waals surface area contributed by atoms with Gasteiger partial charge in [-0.1, -0.05) is 30.3 Å². The lowest BCUT2D eigenvalue weighted by Gasteiger charge is -2.26. The predicted octanol–water partition coefficient (Wildman–Crippen LogP) is 3.88. The third-order valence-electron chi connectivity index (χ3n) is 4.63. The first-order valence-corrected chi connectivity index (χ1v) is 11.3. The van der Waals surface area contributed by atoms with Gasteiger partial charge in [-0.3, -0.25) is 0 Å². The molecule has 0 aliphatic carbocycles. The van der Waals surface area contributed by atoms with Crippen LogP contribution in [-0.2, 0) is 14.8 Å². The molecule has 0 atom stereocenters. The fraction of sp³-hybridized carbons (Fsp3) is 0.250. The van der Waals surface area contributed by atoms with E-state index in [1.54, 1.807) is 18.2 Å². The predicted molar refractivity (Wildman–Crippen MR) is 112 cm³/mol. The number of hydrogen-bond donors (Lipinski definition) is 1. The van der Waals surface area contributed by atoms with Crippen LogP contribution in [0.25, 0.3) is 11.3 Å². The van der Waals surface area contributed by atoms with Crippen LogP contribution < -0.4 is 5.32 Å². The Morgan fingerprint density at radius 3 is 2.68 bits per heavy atom. The molecule has 1 aromatic heterocycles. The Morgan fingerprint density at radius 1 is 1.11 bits per heavy atom. The summed E-state index contributed by atoms with van der Waals surface area (Å²) in [6.45, 7) is 3.66.